The normalized spacial score (nSPS) is 14.4. The van der Waals surface area contributed by atoms with Gasteiger partial charge in [0, 0.05) is 31.6 Å². The smallest absolute Gasteiger partial charge is 0.224 e. The van der Waals surface area contributed by atoms with Gasteiger partial charge in [-0.3, -0.25) is 14.5 Å². The number of hydrogen-bond donors (Lipinski definition) is 1. The van der Waals surface area contributed by atoms with Crippen LogP contribution < -0.4 is 4.74 Å². The number of ether oxygens (including phenoxy) is 1. The van der Waals surface area contributed by atoms with Gasteiger partial charge < -0.3 is 9.64 Å². The lowest BCUT2D eigenvalue weighted by molar-refractivity contribution is -0.132. The van der Waals surface area contributed by atoms with Gasteiger partial charge in [0.25, 0.3) is 0 Å². The molecule has 7 heteroatoms. The minimum atomic E-state index is 0.197. The predicted octanol–water partition coefficient (Wildman–Crippen LogP) is 5.58. The molecular formula is C27H34N4O2S. The van der Waals surface area contributed by atoms with E-state index >= 15 is 0 Å². The highest BCUT2D eigenvalue weighted by molar-refractivity contribution is 7.71. The van der Waals surface area contributed by atoms with Crippen LogP contribution in [0.15, 0.2) is 48.5 Å². The summed E-state index contributed by atoms with van der Waals surface area (Å²) in [5.74, 6) is 2.59. The van der Waals surface area contributed by atoms with E-state index in [1.807, 2.05) is 28.5 Å². The van der Waals surface area contributed by atoms with Gasteiger partial charge >= 0.3 is 0 Å². The molecule has 1 fully saturated rings. The molecule has 2 heterocycles. The summed E-state index contributed by atoms with van der Waals surface area (Å²) in [7, 11) is 0. The van der Waals surface area contributed by atoms with E-state index in [9.17, 15) is 4.79 Å². The second kappa shape index (κ2) is 11.5. The molecule has 0 spiro atoms. The number of H-pyrrole nitrogens is 1. The molecule has 1 N–H and O–H groups in total. The number of carbonyl (C=O) groups excluding carboxylic acids is 1. The van der Waals surface area contributed by atoms with E-state index in [0.717, 1.165) is 49.5 Å². The summed E-state index contributed by atoms with van der Waals surface area (Å²) in [5.41, 5.74) is 3.52. The average Bonchev–Trinajstić information content (AvgIpc) is 3.23. The summed E-state index contributed by atoms with van der Waals surface area (Å²) in [6, 6.07) is 16.6. The Morgan fingerprint density at radius 1 is 1.18 bits per heavy atom. The molecule has 6 nitrogen and oxygen atoms in total. The maximum atomic E-state index is 12.9. The minimum Gasteiger partial charge on any atom is -0.494 e. The fraction of sp³-hybridized carbons (Fsp3) is 0.444. The van der Waals surface area contributed by atoms with Crippen molar-refractivity contribution in [2.75, 3.05) is 19.7 Å². The second-order valence-electron chi connectivity index (χ2n) is 9.06. The molecule has 0 unspecified atom stereocenters. The summed E-state index contributed by atoms with van der Waals surface area (Å²) in [4.78, 5) is 14.9. The van der Waals surface area contributed by atoms with E-state index in [-0.39, 0.29) is 5.91 Å². The lowest BCUT2D eigenvalue weighted by Crippen LogP contribution is -2.38. The van der Waals surface area contributed by atoms with Crippen molar-refractivity contribution in [1.29, 1.82) is 0 Å². The van der Waals surface area contributed by atoms with Crippen LogP contribution in [0.4, 0.5) is 0 Å². The Bertz CT molecular complexity index is 1140. The Balaban J connectivity index is 1.25. The van der Waals surface area contributed by atoms with Crippen molar-refractivity contribution in [3.63, 3.8) is 0 Å². The highest BCUT2D eigenvalue weighted by Gasteiger charge is 2.23. The molecule has 1 amide bonds. The molecule has 0 bridgehead atoms. The third-order valence-corrected chi connectivity index (χ3v) is 6.94. The molecule has 1 aliphatic rings. The number of rotatable bonds is 9. The number of benzene rings is 2. The highest BCUT2D eigenvalue weighted by Crippen LogP contribution is 2.24. The summed E-state index contributed by atoms with van der Waals surface area (Å²) >= 11 is 5.43. The number of aromatic amines is 1. The van der Waals surface area contributed by atoms with Crippen LogP contribution in [0.3, 0.4) is 0 Å². The second-order valence-corrected chi connectivity index (χ2v) is 9.45. The fourth-order valence-corrected chi connectivity index (χ4v) is 4.88. The van der Waals surface area contributed by atoms with Crippen molar-refractivity contribution < 1.29 is 9.53 Å². The third-order valence-electron chi connectivity index (χ3n) is 6.63. The van der Waals surface area contributed by atoms with E-state index in [2.05, 4.69) is 53.5 Å². The average molecular weight is 479 g/mol. The Morgan fingerprint density at radius 2 is 1.94 bits per heavy atom. The lowest BCUT2D eigenvalue weighted by Gasteiger charge is -2.32. The van der Waals surface area contributed by atoms with E-state index in [1.54, 1.807) is 0 Å². The Labute approximate surface area is 207 Å². The van der Waals surface area contributed by atoms with Crippen molar-refractivity contribution in [2.24, 2.45) is 5.92 Å². The minimum absolute atomic E-state index is 0.197. The number of carbonyl (C=O) groups is 1. The number of amides is 1. The van der Waals surface area contributed by atoms with Crippen LogP contribution in [0.25, 0.3) is 11.4 Å². The van der Waals surface area contributed by atoms with Gasteiger partial charge in [-0.05, 0) is 81.4 Å². The van der Waals surface area contributed by atoms with E-state index in [4.69, 9.17) is 17.0 Å². The number of nitrogens with one attached hydrogen (secondary N) is 1. The number of nitrogens with zero attached hydrogens (tertiary/aromatic N) is 3. The largest absolute Gasteiger partial charge is 0.494 e. The fourth-order valence-electron chi connectivity index (χ4n) is 4.66. The monoisotopic (exact) mass is 478 g/mol. The van der Waals surface area contributed by atoms with Gasteiger partial charge in [-0.15, -0.1) is 0 Å². The molecular weight excluding hydrogens is 444 g/mol. The van der Waals surface area contributed by atoms with Crippen molar-refractivity contribution in [3.8, 4) is 17.1 Å². The first kappa shape index (κ1) is 24.2. The van der Waals surface area contributed by atoms with Crippen LogP contribution >= 0.6 is 12.2 Å². The maximum absolute atomic E-state index is 12.9. The van der Waals surface area contributed by atoms with Crippen LogP contribution in [0.2, 0.25) is 0 Å². The molecule has 0 radical (unpaired) electrons. The van der Waals surface area contributed by atoms with Gasteiger partial charge in [0.15, 0.2) is 10.6 Å². The van der Waals surface area contributed by atoms with E-state index in [1.165, 1.54) is 17.5 Å². The zero-order valence-electron chi connectivity index (χ0n) is 20.1. The highest BCUT2D eigenvalue weighted by atomic mass is 32.1. The van der Waals surface area contributed by atoms with E-state index < -0.39 is 0 Å². The van der Waals surface area contributed by atoms with Crippen LogP contribution in [-0.2, 0) is 17.8 Å². The number of aryl methyl sites for hydroxylation is 2. The topological polar surface area (TPSA) is 63.1 Å². The van der Waals surface area contributed by atoms with Gasteiger partial charge in [0.1, 0.15) is 5.75 Å². The standard InChI is InChI=1S/C27H34N4O2S/c1-3-33-24-11-9-21(10-12-24)7-8-22-13-16-30(17-14-22)25(32)15-18-31-26(28-29-27(31)34)23-6-4-5-20(2)19-23/h4-6,9-12,19,22H,3,7-8,13-18H2,1-2H3,(H,29,34). The number of likely N-dealkylation sites (tertiary alicyclic amines) is 1. The lowest BCUT2D eigenvalue weighted by atomic mass is 9.90. The Morgan fingerprint density at radius 3 is 2.65 bits per heavy atom. The van der Waals surface area contributed by atoms with Crippen molar-refractivity contribution in [3.05, 3.63) is 64.4 Å². The molecule has 180 valence electrons. The maximum Gasteiger partial charge on any atom is 0.224 e. The van der Waals surface area contributed by atoms with Gasteiger partial charge in [-0.1, -0.05) is 35.9 Å². The van der Waals surface area contributed by atoms with Gasteiger partial charge in [-0.2, -0.15) is 5.10 Å². The van der Waals surface area contributed by atoms with Gasteiger partial charge in [-0.25, -0.2) is 0 Å². The molecule has 0 aliphatic carbocycles. The Kier molecular flexibility index (Phi) is 8.16. The molecule has 1 aromatic heterocycles. The van der Waals surface area contributed by atoms with Crippen molar-refractivity contribution >= 4 is 18.1 Å². The summed E-state index contributed by atoms with van der Waals surface area (Å²) < 4.78 is 8.01. The Hall–Kier alpha value is -2.93. The molecule has 1 aliphatic heterocycles. The zero-order chi connectivity index (χ0) is 23.9. The SMILES string of the molecule is CCOc1ccc(CCC2CCN(C(=O)CCn3c(-c4cccc(C)c4)n[nH]c3=S)CC2)cc1. The zero-order valence-corrected chi connectivity index (χ0v) is 20.9. The predicted molar refractivity (Wildman–Crippen MR) is 137 cm³/mol. The van der Waals surface area contributed by atoms with Gasteiger partial charge in [0.2, 0.25) is 5.91 Å². The third kappa shape index (κ3) is 6.14. The van der Waals surface area contributed by atoms with Crippen LogP contribution in [-0.4, -0.2) is 45.3 Å². The molecule has 3 aromatic rings. The van der Waals surface area contributed by atoms with Crippen molar-refractivity contribution in [1.82, 2.24) is 19.7 Å². The molecule has 2 aromatic carbocycles. The molecule has 1 saturated heterocycles. The van der Waals surface area contributed by atoms with Gasteiger partial charge in [0.05, 0.1) is 6.61 Å². The summed E-state index contributed by atoms with van der Waals surface area (Å²) in [6.45, 7) is 6.97. The number of piperidine rings is 1. The molecule has 0 saturated carbocycles. The van der Waals surface area contributed by atoms with E-state index in [0.29, 0.717) is 30.3 Å². The first-order valence-corrected chi connectivity index (χ1v) is 12.7. The number of hydrogen-bond acceptors (Lipinski definition) is 4. The number of aromatic nitrogens is 3. The molecule has 34 heavy (non-hydrogen) atoms. The molecule has 0 atom stereocenters. The van der Waals surface area contributed by atoms with Crippen LogP contribution in [0.1, 0.15) is 43.7 Å². The summed E-state index contributed by atoms with van der Waals surface area (Å²) in [6.07, 6.45) is 4.82. The molecule has 4 rings (SSSR count). The first-order chi connectivity index (χ1) is 16.5. The summed E-state index contributed by atoms with van der Waals surface area (Å²) in [5, 5.41) is 7.29. The van der Waals surface area contributed by atoms with Crippen molar-refractivity contribution in [2.45, 2.75) is 52.5 Å². The van der Waals surface area contributed by atoms with Crippen LogP contribution in [0, 0.1) is 17.6 Å². The van der Waals surface area contributed by atoms with Crippen LogP contribution in [0.5, 0.6) is 5.75 Å². The quantitative estimate of drug-likeness (QED) is 0.408. The first-order valence-electron chi connectivity index (χ1n) is 12.2.